The molecule has 0 radical (unpaired) electrons. The van der Waals surface area contributed by atoms with Crippen molar-refractivity contribution in [2.75, 3.05) is 20.2 Å². The van der Waals surface area contributed by atoms with Gasteiger partial charge in [0.1, 0.15) is 12.4 Å². The highest BCUT2D eigenvalue weighted by Gasteiger charge is 2.16. The molecule has 0 bridgehead atoms. The first kappa shape index (κ1) is 16.1. The number of aryl methyl sites for hydroxylation is 2. The van der Waals surface area contributed by atoms with Gasteiger partial charge in [-0.3, -0.25) is 4.79 Å². The van der Waals surface area contributed by atoms with E-state index in [2.05, 4.69) is 28.1 Å². The van der Waals surface area contributed by atoms with Crippen LogP contribution in [0.4, 0.5) is 0 Å². The van der Waals surface area contributed by atoms with Crippen molar-refractivity contribution < 1.29 is 9.53 Å². The second kappa shape index (κ2) is 7.18. The molecular weight excluding hydrogens is 354 g/mol. The van der Waals surface area contributed by atoms with Crippen LogP contribution in [0.15, 0.2) is 46.9 Å². The lowest BCUT2D eigenvalue weighted by Gasteiger charge is -2.18. The second-order valence-corrected chi connectivity index (χ2v) is 6.78. The molecule has 2 aromatic rings. The molecule has 0 atom stereocenters. The van der Waals surface area contributed by atoms with E-state index in [1.165, 1.54) is 17.5 Å². The van der Waals surface area contributed by atoms with Gasteiger partial charge in [-0.2, -0.15) is 0 Å². The fourth-order valence-corrected chi connectivity index (χ4v) is 3.12. The van der Waals surface area contributed by atoms with Crippen LogP contribution in [0, 0.1) is 0 Å². The Labute approximate surface area is 145 Å². The first-order valence-corrected chi connectivity index (χ1v) is 8.68. The van der Waals surface area contributed by atoms with Crippen LogP contribution in [-0.2, 0) is 12.8 Å². The maximum atomic E-state index is 12.5. The summed E-state index contributed by atoms with van der Waals surface area (Å²) >= 11 is 3.39. The third kappa shape index (κ3) is 3.94. The van der Waals surface area contributed by atoms with E-state index >= 15 is 0 Å². The van der Waals surface area contributed by atoms with Crippen LogP contribution in [0.25, 0.3) is 0 Å². The molecule has 0 heterocycles. The van der Waals surface area contributed by atoms with Crippen LogP contribution < -0.4 is 4.74 Å². The number of carbonyl (C=O) groups is 1. The molecule has 0 aromatic heterocycles. The van der Waals surface area contributed by atoms with Gasteiger partial charge in [-0.15, -0.1) is 0 Å². The van der Waals surface area contributed by atoms with E-state index in [0.717, 1.165) is 28.6 Å². The highest BCUT2D eigenvalue weighted by molar-refractivity contribution is 9.10. The van der Waals surface area contributed by atoms with Crippen molar-refractivity contribution in [3.05, 3.63) is 63.6 Å². The summed E-state index contributed by atoms with van der Waals surface area (Å²) in [7, 11) is 1.82. The van der Waals surface area contributed by atoms with E-state index in [0.29, 0.717) is 13.2 Å². The van der Waals surface area contributed by atoms with Crippen molar-refractivity contribution in [3.63, 3.8) is 0 Å². The van der Waals surface area contributed by atoms with E-state index in [9.17, 15) is 4.79 Å². The summed E-state index contributed by atoms with van der Waals surface area (Å²) in [6, 6.07) is 13.8. The van der Waals surface area contributed by atoms with Crippen LogP contribution in [0.1, 0.15) is 27.9 Å². The molecule has 3 nitrogen and oxygen atoms in total. The van der Waals surface area contributed by atoms with E-state index in [-0.39, 0.29) is 5.91 Å². The van der Waals surface area contributed by atoms with Gasteiger partial charge in [-0.25, -0.2) is 0 Å². The number of ether oxygens (including phenoxy) is 1. The third-order valence-corrected chi connectivity index (χ3v) is 4.73. The molecular formula is C19H20BrNO2. The number of halogens is 1. The van der Waals surface area contributed by atoms with Gasteiger partial charge in [0.15, 0.2) is 0 Å². The smallest absolute Gasteiger partial charge is 0.253 e. The molecule has 0 saturated heterocycles. The quantitative estimate of drug-likeness (QED) is 0.789. The van der Waals surface area contributed by atoms with Crippen molar-refractivity contribution in [1.82, 2.24) is 4.90 Å². The Morgan fingerprint density at radius 3 is 2.65 bits per heavy atom. The van der Waals surface area contributed by atoms with E-state index < -0.39 is 0 Å². The maximum Gasteiger partial charge on any atom is 0.253 e. The summed E-state index contributed by atoms with van der Waals surface area (Å²) in [6.45, 7) is 1.04. The molecule has 0 aliphatic heterocycles. The summed E-state index contributed by atoms with van der Waals surface area (Å²) in [5, 5.41) is 0. The molecule has 1 aliphatic rings. The topological polar surface area (TPSA) is 29.5 Å². The molecule has 0 fully saturated rings. The van der Waals surface area contributed by atoms with Gasteiger partial charge in [0.05, 0.1) is 6.54 Å². The number of benzene rings is 2. The molecule has 0 unspecified atom stereocenters. The predicted molar refractivity (Wildman–Crippen MR) is 95.1 cm³/mol. The zero-order valence-corrected chi connectivity index (χ0v) is 14.8. The van der Waals surface area contributed by atoms with Gasteiger partial charge >= 0.3 is 0 Å². The molecule has 4 heteroatoms. The van der Waals surface area contributed by atoms with E-state index in [4.69, 9.17) is 4.74 Å². The molecule has 3 rings (SSSR count). The van der Waals surface area contributed by atoms with Gasteiger partial charge in [0.25, 0.3) is 5.91 Å². The Kier molecular flexibility index (Phi) is 5.01. The predicted octanol–water partition coefficient (Wildman–Crippen LogP) is 4.09. The molecule has 1 amide bonds. The van der Waals surface area contributed by atoms with E-state index in [1.54, 1.807) is 4.90 Å². The number of nitrogens with zero attached hydrogens (tertiary/aromatic N) is 1. The SMILES string of the molecule is CN(CCOc1ccc(Br)cc1)C(=O)c1ccc2c(c1)CCC2. The lowest BCUT2D eigenvalue weighted by Crippen LogP contribution is -2.30. The minimum atomic E-state index is 0.0547. The molecule has 0 N–H and O–H groups in total. The monoisotopic (exact) mass is 373 g/mol. The Morgan fingerprint density at radius 2 is 1.87 bits per heavy atom. The lowest BCUT2D eigenvalue weighted by atomic mass is 10.1. The maximum absolute atomic E-state index is 12.5. The fraction of sp³-hybridized carbons (Fsp3) is 0.316. The zero-order valence-electron chi connectivity index (χ0n) is 13.2. The molecule has 120 valence electrons. The largest absolute Gasteiger partial charge is 0.492 e. The van der Waals surface area contributed by atoms with Crippen LogP contribution in [0.5, 0.6) is 5.75 Å². The van der Waals surface area contributed by atoms with Crippen molar-refractivity contribution in [3.8, 4) is 5.75 Å². The Bertz CT molecular complexity index is 697. The lowest BCUT2D eigenvalue weighted by molar-refractivity contribution is 0.0773. The molecule has 23 heavy (non-hydrogen) atoms. The van der Waals surface area contributed by atoms with Crippen molar-refractivity contribution >= 4 is 21.8 Å². The standard InChI is InChI=1S/C19H20BrNO2/c1-21(11-12-23-18-9-7-17(20)8-10-18)19(22)16-6-5-14-3-2-4-15(14)13-16/h5-10,13H,2-4,11-12H2,1H3. The summed E-state index contributed by atoms with van der Waals surface area (Å²) in [6.07, 6.45) is 3.43. The Morgan fingerprint density at radius 1 is 1.13 bits per heavy atom. The van der Waals surface area contributed by atoms with Crippen LogP contribution in [0.3, 0.4) is 0 Å². The number of amides is 1. The normalized spacial score (nSPS) is 12.8. The van der Waals surface area contributed by atoms with Gasteiger partial charge < -0.3 is 9.64 Å². The van der Waals surface area contributed by atoms with E-state index in [1.807, 2.05) is 37.4 Å². The summed E-state index contributed by atoms with van der Waals surface area (Å²) in [4.78, 5) is 14.2. The molecule has 1 aliphatic carbocycles. The highest BCUT2D eigenvalue weighted by Crippen LogP contribution is 2.23. The molecule has 0 spiro atoms. The van der Waals surface area contributed by atoms with Crippen molar-refractivity contribution in [2.45, 2.75) is 19.3 Å². The second-order valence-electron chi connectivity index (χ2n) is 5.87. The number of rotatable bonds is 5. The van der Waals surface area contributed by atoms with Crippen LogP contribution >= 0.6 is 15.9 Å². The molecule has 0 saturated carbocycles. The fourth-order valence-electron chi connectivity index (χ4n) is 2.86. The number of hydrogen-bond donors (Lipinski definition) is 0. The van der Waals surface area contributed by atoms with Gasteiger partial charge in [-0.05, 0) is 66.8 Å². The Hall–Kier alpha value is -1.81. The number of hydrogen-bond acceptors (Lipinski definition) is 2. The third-order valence-electron chi connectivity index (χ3n) is 4.20. The first-order valence-electron chi connectivity index (χ1n) is 7.89. The van der Waals surface area contributed by atoms with Gasteiger partial charge in [0.2, 0.25) is 0 Å². The number of fused-ring (bicyclic) bond motifs is 1. The van der Waals surface area contributed by atoms with Crippen LogP contribution in [0.2, 0.25) is 0 Å². The Balaban J connectivity index is 1.54. The zero-order chi connectivity index (χ0) is 16.2. The average Bonchev–Trinajstić information content (AvgIpc) is 3.03. The summed E-state index contributed by atoms with van der Waals surface area (Å²) in [5.74, 6) is 0.866. The minimum absolute atomic E-state index is 0.0547. The summed E-state index contributed by atoms with van der Waals surface area (Å²) in [5.41, 5.74) is 3.50. The minimum Gasteiger partial charge on any atom is -0.492 e. The highest BCUT2D eigenvalue weighted by atomic mass is 79.9. The first-order chi connectivity index (χ1) is 11.1. The molecule has 2 aromatic carbocycles. The number of likely N-dealkylation sites (N-methyl/N-ethyl adjacent to an activating group) is 1. The summed E-state index contributed by atoms with van der Waals surface area (Å²) < 4.78 is 6.70. The number of carbonyl (C=O) groups excluding carboxylic acids is 1. The van der Waals surface area contributed by atoms with Crippen LogP contribution in [-0.4, -0.2) is 31.0 Å². The van der Waals surface area contributed by atoms with Gasteiger partial charge in [-0.1, -0.05) is 22.0 Å². The van der Waals surface area contributed by atoms with Crippen molar-refractivity contribution in [1.29, 1.82) is 0 Å². The average molecular weight is 374 g/mol. The van der Waals surface area contributed by atoms with Gasteiger partial charge in [0, 0.05) is 17.1 Å². The van der Waals surface area contributed by atoms with Crippen molar-refractivity contribution in [2.24, 2.45) is 0 Å².